The molecule has 7 nitrogen and oxygen atoms in total. The fraction of sp³-hybridized carbons (Fsp3) is 0.381. The van der Waals surface area contributed by atoms with Crippen LogP contribution in [0.1, 0.15) is 35.2 Å². The van der Waals surface area contributed by atoms with E-state index in [0.717, 1.165) is 5.56 Å². The molecule has 0 unspecified atom stereocenters. The van der Waals surface area contributed by atoms with Crippen LogP contribution in [0.4, 0.5) is 0 Å². The number of pyridine rings is 1. The third-order valence-corrected chi connectivity index (χ3v) is 5.05. The van der Waals surface area contributed by atoms with Crippen LogP contribution in [0, 0.1) is 5.92 Å². The molecule has 3 atom stereocenters. The topological polar surface area (TPSA) is 112 Å². The van der Waals surface area contributed by atoms with E-state index in [9.17, 15) is 19.8 Å². The highest BCUT2D eigenvalue weighted by Gasteiger charge is 2.33. The first-order valence-corrected chi connectivity index (χ1v) is 9.47. The fourth-order valence-corrected chi connectivity index (χ4v) is 3.47. The Morgan fingerprint density at radius 3 is 2.79 bits per heavy atom. The zero-order valence-electron chi connectivity index (χ0n) is 15.5. The second-order valence-corrected chi connectivity index (χ2v) is 7.11. The van der Waals surface area contributed by atoms with Gasteiger partial charge in [-0.1, -0.05) is 12.1 Å². The monoisotopic (exact) mass is 383 g/mol. The lowest BCUT2D eigenvalue weighted by molar-refractivity contribution is -0.127. The summed E-state index contributed by atoms with van der Waals surface area (Å²) in [5.41, 5.74) is 1.37. The Kier molecular flexibility index (Phi) is 6.60. The van der Waals surface area contributed by atoms with E-state index in [1.807, 2.05) is 12.1 Å². The number of phenols is 1. The van der Waals surface area contributed by atoms with Crippen molar-refractivity contribution in [3.05, 3.63) is 59.9 Å². The number of nitrogens with zero attached hydrogens (tertiary/aromatic N) is 1. The van der Waals surface area contributed by atoms with Crippen LogP contribution in [-0.4, -0.2) is 45.7 Å². The summed E-state index contributed by atoms with van der Waals surface area (Å²) < 4.78 is 0. The van der Waals surface area contributed by atoms with Gasteiger partial charge in [0.25, 0.3) is 5.91 Å². The first kappa shape index (κ1) is 19.8. The molecule has 0 bridgehead atoms. The maximum atomic E-state index is 12.5. The molecule has 1 fully saturated rings. The molecule has 3 rings (SSSR count). The van der Waals surface area contributed by atoms with Crippen molar-refractivity contribution in [2.45, 2.75) is 37.8 Å². The molecule has 28 heavy (non-hydrogen) atoms. The van der Waals surface area contributed by atoms with E-state index in [1.54, 1.807) is 24.5 Å². The van der Waals surface area contributed by atoms with E-state index < -0.39 is 12.1 Å². The third-order valence-electron chi connectivity index (χ3n) is 5.05. The Balaban J connectivity index is 1.51. The van der Waals surface area contributed by atoms with Gasteiger partial charge in [0.15, 0.2) is 0 Å². The van der Waals surface area contributed by atoms with Crippen molar-refractivity contribution < 1.29 is 19.8 Å². The Labute approximate surface area is 163 Å². The van der Waals surface area contributed by atoms with Crippen molar-refractivity contribution in [2.24, 2.45) is 5.92 Å². The number of carbonyl (C=O) groups is 2. The molecule has 1 heterocycles. The van der Waals surface area contributed by atoms with Crippen LogP contribution < -0.4 is 10.6 Å². The van der Waals surface area contributed by atoms with Gasteiger partial charge in [-0.25, -0.2) is 0 Å². The van der Waals surface area contributed by atoms with E-state index in [-0.39, 0.29) is 23.5 Å². The summed E-state index contributed by atoms with van der Waals surface area (Å²) in [5, 5.41) is 25.5. The Hall–Kier alpha value is -2.93. The SMILES string of the molecule is O=C(N[C@@H]1C[C@@H](C(=O)NCCc2cccnc2)CC[C@H]1O)c1cccc(O)c1. The maximum absolute atomic E-state index is 12.5. The average molecular weight is 383 g/mol. The number of aromatic hydroxyl groups is 1. The smallest absolute Gasteiger partial charge is 0.251 e. The molecule has 0 aliphatic heterocycles. The molecule has 0 radical (unpaired) electrons. The van der Waals surface area contributed by atoms with E-state index in [2.05, 4.69) is 15.6 Å². The van der Waals surface area contributed by atoms with E-state index >= 15 is 0 Å². The highest BCUT2D eigenvalue weighted by molar-refractivity contribution is 5.94. The lowest BCUT2D eigenvalue weighted by Gasteiger charge is -2.33. The number of carbonyl (C=O) groups excluding carboxylic acids is 2. The number of aromatic nitrogens is 1. The standard InChI is InChI=1S/C21H25N3O4/c25-17-5-1-4-15(11-17)21(28)24-18-12-16(6-7-19(18)26)20(27)23-10-8-14-3-2-9-22-13-14/h1-5,9,11,13,16,18-19,25-26H,6-8,10,12H2,(H,23,27)(H,24,28)/t16-,18+,19+/m0/s1. The van der Waals surface area contributed by atoms with Gasteiger partial charge in [0, 0.05) is 30.4 Å². The summed E-state index contributed by atoms with van der Waals surface area (Å²) in [6, 6.07) is 9.35. The van der Waals surface area contributed by atoms with Crippen molar-refractivity contribution in [2.75, 3.05) is 6.54 Å². The molecule has 0 spiro atoms. The van der Waals surface area contributed by atoms with E-state index in [4.69, 9.17) is 0 Å². The van der Waals surface area contributed by atoms with Gasteiger partial charge in [-0.15, -0.1) is 0 Å². The number of aliphatic hydroxyl groups is 1. The summed E-state index contributed by atoms with van der Waals surface area (Å²) in [6.45, 7) is 0.518. The zero-order valence-corrected chi connectivity index (χ0v) is 15.5. The second kappa shape index (κ2) is 9.32. The Morgan fingerprint density at radius 1 is 1.18 bits per heavy atom. The number of rotatable bonds is 6. The third kappa shape index (κ3) is 5.29. The van der Waals surface area contributed by atoms with Gasteiger partial charge in [0.1, 0.15) is 5.75 Å². The lowest BCUT2D eigenvalue weighted by atomic mass is 9.83. The molecule has 2 amide bonds. The van der Waals surface area contributed by atoms with E-state index in [0.29, 0.717) is 37.8 Å². The van der Waals surface area contributed by atoms with Crippen LogP contribution in [-0.2, 0) is 11.2 Å². The number of amides is 2. The van der Waals surface area contributed by atoms with Gasteiger partial charge < -0.3 is 20.8 Å². The van der Waals surface area contributed by atoms with Gasteiger partial charge in [-0.2, -0.15) is 0 Å². The molecule has 2 aromatic rings. The molecule has 148 valence electrons. The van der Waals surface area contributed by atoms with Crippen LogP contribution in [0.15, 0.2) is 48.8 Å². The molecule has 7 heteroatoms. The van der Waals surface area contributed by atoms with Crippen molar-refractivity contribution in [1.82, 2.24) is 15.6 Å². The molecular weight excluding hydrogens is 358 g/mol. The van der Waals surface area contributed by atoms with Gasteiger partial charge in [0.05, 0.1) is 12.1 Å². The average Bonchev–Trinajstić information content (AvgIpc) is 2.70. The van der Waals surface area contributed by atoms with Crippen LogP contribution in [0.25, 0.3) is 0 Å². The predicted molar refractivity (Wildman–Crippen MR) is 104 cm³/mol. The quantitative estimate of drug-likeness (QED) is 0.603. The lowest BCUT2D eigenvalue weighted by Crippen LogP contribution is -2.49. The van der Waals surface area contributed by atoms with Gasteiger partial charge in [-0.05, 0) is 55.5 Å². The minimum atomic E-state index is -0.694. The Morgan fingerprint density at radius 2 is 2.04 bits per heavy atom. The number of phenolic OH excluding ortho intramolecular Hbond substituents is 1. The largest absolute Gasteiger partial charge is 0.508 e. The zero-order chi connectivity index (χ0) is 19.9. The van der Waals surface area contributed by atoms with Crippen LogP contribution in [0.3, 0.4) is 0 Å². The number of hydrogen-bond donors (Lipinski definition) is 4. The highest BCUT2D eigenvalue weighted by atomic mass is 16.3. The minimum absolute atomic E-state index is 0.00251. The first-order valence-electron chi connectivity index (χ1n) is 9.47. The normalized spacial score (nSPS) is 21.7. The van der Waals surface area contributed by atoms with Gasteiger partial charge >= 0.3 is 0 Å². The molecular formula is C21H25N3O4. The van der Waals surface area contributed by atoms with Crippen molar-refractivity contribution in [3.63, 3.8) is 0 Å². The maximum Gasteiger partial charge on any atom is 0.251 e. The molecule has 1 aromatic carbocycles. The summed E-state index contributed by atoms with van der Waals surface area (Å²) in [4.78, 5) is 28.9. The summed E-state index contributed by atoms with van der Waals surface area (Å²) in [6.07, 6.45) is 4.90. The predicted octanol–water partition coefficient (Wildman–Crippen LogP) is 1.41. The van der Waals surface area contributed by atoms with Crippen molar-refractivity contribution in [3.8, 4) is 5.75 Å². The van der Waals surface area contributed by atoms with Crippen molar-refractivity contribution in [1.29, 1.82) is 0 Å². The fourth-order valence-electron chi connectivity index (χ4n) is 3.47. The van der Waals surface area contributed by atoms with Crippen LogP contribution in [0.2, 0.25) is 0 Å². The van der Waals surface area contributed by atoms with Gasteiger partial charge in [0.2, 0.25) is 5.91 Å². The van der Waals surface area contributed by atoms with Crippen molar-refractivity contribution >= 4 is 11.8 Å². The molecule has 0 saturated heterocycles. The summed E-state index contributed by atoms with van der Waals surface area (Å²) in [7, 11) is 0. The first-order chi connectivity index (χ1) is 13.5. The highest BCUT2D eigenvalue weighted by Crippen LogP contribution is 2.25. The second-order valence-electron chi connectivity index (χ2n) is 7.11. The molecule has 4 N–H and O–H groups in total. The minimum Gasteiger partial charge on any atom is -0.508 e. The summed E-state index contributed by atoms with van der Waals surface area (Å²) in [5.74, 6) is -0.695. The molecule has 1 saturated carbocycles. The number of aliphatic hydroxyl groups excluding tert-OH is 1. The Bertz CT molecular complexity index is 812. The number of nitrogens with one attached hydrogen (secondary N) is 2. The molecule has 1 aliphatic carbocycles. The van der Waals surface area contributed by atoms with Crippen LogP contribution >= 0.6 is 0 Å². The number of hydrogen-bond acceptors (Lipinski definition) is 5. The number of benzene rings is 1. The molecule has 1 aliphatic rings. The molecule has 1 aromatic heterocycles. The summed E-state index contributed by atoms with van der Waals surface area (Å²) >= 11 is 0. The van der Waals surface area contributed by atoms with E-state index in [1.165, 1.54) is 12.1 Å². The van der Waals surface area contributed by atoms with Crippen LogP contribution in [0.5, 0.6) is 5.75 Å². The van der Waals surface area contributed by atoms with Gasteiger partial charge in [-0.3, -0.25) is 14.6 Å².